The van der Waals surface area contributed by atoms with Crippen molar-refractivity contribution in [1.29, 1.82) is 0 Å². The van der Waals surface area contributed by atoms with Crippen molar-refractivity contribution in [3.05, 3.63) is 59.7 Å². The third-order valence-electron chi connectivity index (χ3n) is 7.49. The van der Waals surface area contributed by atoms with Gasteiger partial charge in [0, 0.05) is 26.2 Å². The Morgan fingerprint density at radius 3 is 1.22 bits per heavy atom. The molecule has 0 unspecified atom stereocenters. The third kappa shape index (κ3) is 18.5. The Morgan fingerprint density at radius 2 is 0.840 bits per heavy atom. The van der Waals surface area contributed by atoms with Crippen LogP contribution in [0.15, 0.2) is 48.5 Å². The first-order chi connectivity index (χ1) is 24.8. The van der Waals surface area contributed by atoms with Gasteiger partial charge in [0.2, 0.25) is 0 Å². The Labute approximate surface area is 297 Å². The molecule has 1 N–H and O–H groups in total. The average molecular weight is 708 g/mol. The van der Waals surface area contributed by atoms with Crippen molar-refractivity contribution < 1.29 is 56.9 Å². The molecule has 0 aliphatic heterocycles. The summed E-state index contributed by atoms with van der Waals surface area (Å²) in [5, 5.41) is 2.80. The maximum Gasteiger partial charge on any atom is 0.407 e. The summed E-state index contributed by atoms with van der Waals surface area (Å²) >= 11 is 0. The molecule has 0 atom stereocenters. The van der Waals surface area contributed by atoms with Crippen LogP contribution in [0.3, 0.4) is 0 Å². The molecular weight excluding hydrogens is 650 g/mol. The average Bonchev–Trinajstić information content (AvgIpc) is 3.46. The third-order valence-corrected chi connectivity index (χ3v) is 7.49. The molecule has 0 heterocycles. The fourth-order valence-corrected chi connectivity index (χ4v) is 5.02. The molecule has 0 aromatic heterocycles. The molecule has 13 nitrogen and oxygen atoms in total. The normalized spacial score (nSPS) is 12.3. The minimum absolute atomic E-state index is 0.0517. The van der Waals surface area contributed by atoms with E-state index in [0.717, 1.165) is 0 Å². The van der Waals surface area contributed by atoms with Gasteiger partial charge in [-0.05, 0) is 28.7 Å². The van der Waals surface area contributed by atoms with E-state index in [4.69, 9.17) is 52.1 Å². The van der Waals surface area contributed by atoms with Gasteiger partial charge < -0.3 is 57.4 Å². The lowest BCUT2D eigenvalue weighted by molar-refractivity contribution is -0.0258. The van der Waals surface area contributed by atoms with Gasteiger partial charge >= 0.3 is 6.09 Å². The first-order valence-corrected chi connectivity index (χ1v) is 17.6. The van der Waals surface area contributed by atoms with Crippen LogP contribution in [0.2, 0.25) is 0 Å². The van der Waals surface area contributed by atoms with Crippen LogP contribution in [-0.4, -0.2) is 152 Å². The van der Waals surface area contributed by atoms with Crippen LogP contribution in [0.5, 0.6) is 0 Å². The number of methoxy groups -OCH3 is 1. The molecule has 0 radical (unpaired) electrons. The van der Waals surface area contributed by atoms with E-state index in [1.165, 1.54) is 22.3 Å². The lowest BCUT2D eigenvalue weighted by Gasteiger charge is -2.14. The van der Waals surface area contributed by atoms with Gasteiger partial charge in [0.1, 0.15) is 6.61 Å². The first kappa shape index (κ1) is 41.7. The Bertz CT molecular complexity index is 1080. The number of carbonyl (C=O) groups excluding carboxylic acids is 1. The minimum atomic E-state index is -0.414. The van der Waals surface area contributed by atoms with E-state index in [2.05, 4.69) is 29.6 Å². The van der Waals surface area contributed by atoms with Crippen LogP contribution in [0.1, 0.15) is 23.5 Å². The monoisotopic (exact) mass is 707 g/mol. The van der Waals surface area contributed by atoms with Crippen LogP contribution in [0, 0.1) is 0 Å². The number of rotatable bonds is 33. The number of carbonyl (C=O) groups is 1. The lowest BCUT2D eigenvalue weighted by Crippen LogP contribution is -2.27. The van der Waals surface area contributed by atoms with Gasteiger partial charge in [0.25, 0.3) is 0 Å². The quantitative estimate of drug-likeness (QED) is 0.109. The molecule has 1 amide bonds. The molecule has 0 fully saturated rings. The van der Waals surface area contributed by atoms with E-state index in [1.54, 1.807) is 7.11 Å². The van der Waals surface area contributed by atoms with Crippen LogP contribution < -0.4 is 5.32 Å². The van der Waals surface area contributed by atoms with Crippen LogP contribution in [-0.2, 0) is 52.1 Å². The van der Waals surface area contributed by atoms with Gasteiger partial charge in [-0.1, -0.05) is 48.5 Å². The summed E-state index contributed by atoms with van der Waals surface area (Å²) in [7, 11) is 1.64. The first-order valence-electron chi connectivity index (χ1n) is 17.6. The Balaban J connectivity index is 0.971. The largest absolute Gasteiger partial charge is 0.449 e. The maximum atomic E-state index is 12.3. The summed E-state index contributed by atoms with van der Waals surface area (Å²) in [5.41, 5.74) is 4.81. The number of benzene rings is 2. The number of hydrogen-bond donors (Lipinski definition) is 1. The number of ether oxygens (including phenoxy) is 11. The van der Waals surface area contributed by atoms with Crippen molar-refractivity contribution in [2.45, 2.75) is 12.3 Å². The smallest absolute Gasteiger partial charge is 0.407 e. The van der Waals surface area contributed by atoms with E-state index in [-0.39, 0.29) is 5.92 Å². The van der Waals surface area contributed by atoms with Crippen molar-refractivity contribution in [2.24, 2.45) is 0 Å². The molecule has 2 aromatic carbocycles. The van der Waals surface area contributed by atoms with Crippen molar-refractivity contribution >= 4 is 6.09 Å². The summed E-state index contributed by atoms with van der Waals surface area (Å²) in [4.78, 5) is 12.3. The summed E-state index contributed by atoms with van der Waals surface area (Å²) in [6.45, 7) is 10.6. The fraction of sp³-hybridized carbons (Fsp3) is 0.649. The number of alkyl carbamates (subject to hydrolysis) is 1. The van der Waals surface area contributed by atoms with Gasteiger partial charge in [-0.25, -0.2) is 4.79 Å². The van der Waals surface area contributed by atoms with Gasteiger partial charge in [0.05, 0.1) is 119 Å². The Morgan fingerprint density at radius 1 is 0.500 bits per heavy atom. The fourth-order valence-electron chi connectivity index (χ4n) is 5.02. The van der Waals surface area contributed by atoms with E-state index in [0.29, 0.717) is 145 Å². The molecule has 2 aromatic rings. The molecule has 0 spiro atoms. The highest BCUT2D eigenvalue weighted by atomic mass is 16.6. The predicted molar refractivity (Wildman–Crippen MR) is 187 cm³/mol. The lowest BCUT2D eigenvalue weighted by atomic mass is 9.98. The number of hydrogen-bond acceptors (Lipinski definition) is 12. The van der Waals surface area contributed by atoms with E-state index in [1.807, 2.05) is 24.3 Å². The molecule has 1 aliphatic rings. The number of amides is 1. The van der Waals surface area contributed by atoms with E-state index < -0.39 is 6.09 Å². The van der Waals surface area contributed by atoms with Crippen LogP contribution >= 0.6 is 0 Å². The molecule has 50 heavy (non-hydrogen) atoms. The molecule has 3 rings (SSSR count). The van der Waals surface area contributed by atoms with Gasteiger partial charge in [-0.2, -0.15) is 0 Å². The van der Waals surface area contributed by atoms with Crippen molar-refractivity contribution in [2.75, 3.05) is 146 Å². The zero-order valence-electron chi connectivity index (χ0n) is 29.7. The minimum Gasteiger partial charge on any atom is -0.449 e. The molecule has 13 heteroatoms. The SMILES string of the molecule is COCCOCCOCCOCCOCCOCCOCCOCCOCCOCCCNC(=O)OCC1c2ccccc2-c2ccccc21. The molecule has 0 bridgehead atoms. The van der Waals surface area contributed by atoms with Crippen molar-refractivity contribution in [3.63, 3.8) is 0 Å². The second-order valence-electron chi connectivity index (χ2n) is 11.1. The van der Waals surface area contributed by atoms with Crippen LogP contribution in [0.4, 0.5) is 4.79 Å². The molecule has 282 valence electrons. The zero-order chi connectivity index (χ0) is 35.2. The Kier molecular flexibility index (Phi) is 24.2. The summed E-state index contributed by atoms with van der Waals surface area (Å²) < 4.78 is 59.7. The number of fused-ring (bicyclic) bond motifs is 3. The van der Waals surface area contributed by atoms with Gasteiger partial charge in [0.15, 0.2) is 0 Å². The van der Waals surface area contributed by atoms with Crippen molar-refractivity contribution in [1.82, 2.24) is 5.32 Å². The van der Waals surface area contributed by atoms with E-state index >= 15 is 0 Å². The van der Waals surface area contributed by atoms with Gasteiger partial charge in [-0.15, -0.1) is 0 Å². The molecule has 1 aliphatic carbocycles. The van der Waals surface area contributed by atoms with Crippen molar-refractivity contribution in [3.8, 4) is 11.1 Å². The standard InChI is InChI=1S/C37H57NO12/c1-40-13-14-42-17-18-44-21-22-46-25-26-48-29-30-49-28-27-47-24-23-45-20-19-43-16-15-41-12-6-11-38-37(39)50-31-36-34-9-4-2-7-32(34)33-8-3-5-10-35(33)36/h2-5,7-10,36H,6,11-31H2,1H3,(H,38,39). The summed E-state index contributed by atoms with van der Waals surface area (Å²) in [6.07, 6.45) is 0.273. The highest BCUT2D eigenvalue weighted by Gasteiger charge is 2.28. The highest BCUT2D eigenvalue weighted by Crippen LogP contribution is 2.44. The molecular formula is C37H57NO12. The summed E-state index contributed by atoms with van der Waals surface area (Å²) in [6, 6.07) is 16.6. The predicted octanol–water partition coefficient (Wildman–Crippen LogP) is 3.71. The molecule has 0 saturated carbocycles. The number of nitrogens with one attached hydrogen (secondary N) is 1. The second-order valence-corrected chi connectivity index (χ2v) is 11.1. The Hall–Kier alpha value is -2.69. The maximum absolute atomic E-state index is 12.3. The van der Waals surface area contributed by atoms with Gasteiger partial charge in [-0.3, -0.25) is 0 Å². The molecule has 0 saturated heterocycles. The highest BCUT2D eigenvalue weighted by molar-refractivity contribution is 5.79. The van der Waals surface area contributed by atoms with E-state index in [9.17, 15) is 4.79 Å². The van der Waals surface area contributed by atoms with Crippen LogP contribution in [0.25, 0.3) is 11.1 Å². The zero-order valence-corrected chi connectivity index (χ0v) is 29.7. The summed E-state index contributed by atoms with van der Waals surface area (Å²) in [5.74, 6) is 0.0517. The second kappa shape index (κ2) is 28.9. The topological polar surface area (TPSA) is 131 Å².